The van der Waals surface area contributed by atoms with E-state index >= 15 is 0 Å². The molecule has 0 spiro atoms. The van der Waals surface area contributed by atoms with E-state index < -0.39 is 0 Å². The molecule has 2 aliphatic rings. The molecule has 2 aromatic rings. The molecule has 3 N–H and O–H groups in total. The zero-order chi connectivity index (χ0) is 16.7. The van der Waals surface area contributed by atoms with Crippen molar-refractivity contribution in [2.45, 2.75) is 44.6 Å². The smallest absolute Gasteiger partial charge is 0.252 e. The van der Waals surface area contributed by atoms with Crippen LogP contribution in [-0.4, -0.2) is 21.8 Å². The van der Waals surface area contributed by atoms with Gasteiger partial charge in [-0.15, -0.1) is 0 Å². The summed E-state index contributed by atoms with van der Waals surface area (Å²) in [6, 6.07) is 5.45. The Morgan fingerprint density at radius 3 is 2.79 bits per heavy atom. The molecule has 4 rings (SSSR count). The Morgan fingerprint density at radius 1 is 1.29 bits per heavy atom. The van der Waals surface area contributed by atoms with Crippen LogP contribution >= 0.6 is 0 Å². The molecule has 1 aliphatic heterocycles. The zero-order valence-corrected chi connectivity index (χ0v) is 13.6. The molecule has 24 heavy (non-hydrogen) atoms. The third kappa shape index (κ3) is 2.48. The number of carbonyl (C=O) groups is 2. The van der Waals surface area contributed by atoms with Gasteiger partial charge in [0.2, 0.25) is 5.91 Å². The molecule has 0 atom stereocenters. The number of nitrogens with zero attached hydrogens (tertiary/aromatic N) is 1. The quantitative estimate of drug-likeness (QED) is 0.810. The van der Waals surface area contributed by atoms with E-state index in [2.05, 4.69) is 20.6 Å². The van der Waals surface area contributed by atoms with Gasteiger partial charge in [-0.2, -0.15) is 0 Å². The van der Waals surface area contributed by atoms with Gasteiger partial charge >= 0.3 is 0 Å². The van der Waals surface area contributed by atoms with Crippen LogP contribution in [0.4, 0.5) is 5.69 Å². The molecule has 1 aromatic heterocycles. The summed E-state index contributed by atoms with van der Waals surface area (Å²) in [5.74, 6) is 0.773. The predicted octanol–water partition coefficient (Wildman–Crippen LogP) is 2.41. The third-order valence-electron chi connectivity index (χ3n) is 4.98. The van der Waals surface area contributed by atoms with Crippen LogP contribution in [0.1, 0.15) is 53.1 Å². The van der Waals surface area contributed by atoms with E-state index in [4.69, 9.17) is 0 Å². The van der Waals surface area contributed by atoms with Gasteiger partial charge in [-0.1, -0.05) is 0 Å². The van der Waals surface area contributed by atoms with Crippen LogP contribution in [0, 0.1) is 6.92 Å². The van der Waals surface area contributed by atoms with E-state index in [1.165, 1.54) is 0 Å². The van der Waals surface area contributed by atoms with E-state index in [9.17, 15) is 9.59 Å². The molecule has 2 heterocycles. The lowest BCUT2D eigenvalue weighted by Crippen LogP contribution is -2.51. The second-order valence-electron chi connectivity index (χ2n) is 6.72. The Balaban J connectivity index is 1.57. The first-order valence-electron chi connectivity index (χ1n) is 8.33. The van der Waals surface area contributed by atoms with Crippen molar-refractivity contribution in [2.75, 3.05) is 5.32 Å². The topological polar surface area (TPSA) is 86.9 Å². The molecule has 0 unspecified atom stereocenters. The van der Waals surface area contributed by atoms with Gasteiger partial charge in [0.15, 0.2) is 0 Å². The molecule has 6 heteroatoms. The number of carbonyl (C=O) groups excluding carboxylic acids is 2. The molecule has 0 saturated heterocycles. The van der Waals surface area contributed by atoms with Gasteiger partial charge in [-0.3, -0.25) is 9.59 Å². The maximum absolute atomic E-state index is 12.7. The number of amides is 2. The fourth-order valence-corrected chi connectivity index (χ4v) is 3.42. The van der Waals surface area contributed by atoms with Crippen molar-refractivity contribution in [1.29, 1.82) is 0 Å². The molecular weight excluding hydrogens is 304 g/mol. The van der Waals surface area contributed by atoms with Crippen LogP contribution in [0.3, 0.4) is 0 Å². The maximum Gasteiger partial charge on any atom is 0.252 e. The molecule has 124 valence electrons. The molecule has 1 fully saturated rings. The van der Waals surface area contributed by atoms with Gasteiger partial charge in [-0.05, 0) is 56.4 Å². The molecule has 1 aromatic carbocycles. The van der Waals surface area contributed by atoms with Crippen molar-refractivity contribution in [3.63, 3.8) is 0 Å². The van der Waals surface area contributed by atoms with E-state index in [0.717, 1.165) is 42.0 Å². The van der Waals surface area contributed by atoms with E-state index in [1.807, 2.05) is 19.1 Å². The van der Waals surface area contributed by atoms with Crippen molar-refractivity contribution in [3.05, 3.63) is 47.0 Å². The van der Waals surface area contributed by atoms with Gasteiger partial charge in [0.05, 0.1) is 5.54 Å². The highest BCUT2D eigenvalue weighted by molar-refractivity contribution is 5.98. The second kappa shape index (κ2) is 5.47. The number of aryl methyl sites for hydroxylation is 2. The van der Waals surface area contributed by atoms with Crippen molar-refractivity contribution >= 4 is 17.5 Å². The molecule has 2 amide bonds. The predicted molar refractivity (Wildman–Crippen MR) is 89.7 cm³/mol. The van der Waals surface area contributed by atoms with E-state index in [0.29, 0.717) is 18.4 Å². The highest BCUT2D eigenvalue weighted by atomic mass is 16.2. The first-order valence-corrected chi connectivity index (χ1v) is 8.33. The van der Waals surface area contributed by atoms with Crippen molar-refractivity contribution in [3.8, 4) is 0 Å². The maximum atomic E-state index is 12.7. The molecule has 0 radical (unpaired) electrons. The van der Waals surface area contributed by atoms with Crippen molar-refractivity contribution in [1.82, 2.24) is 15.3 Å². The molecule has 1 saturated carbocycles. The number of imidazole rings is 1. The summed E-state index contributed by atoms with van der Waals surface area (Å²) in [4.78, 5) is 31.9. The Bertz CT molecular complexity index is 820. The third-order valence-corrected chi connectivity index (χ3v) is 4.98. The molecule has 0 bridgehead atoms. The zero-order valence-electron chi connectivity index (χ0n) is 13.6. The highest BCUT2D eigenvalue weighted by Crippen LogP contribution is 2.40. The monoisotopic (exact) mass is 324 g/mol. The summed E-state index contributed by atoms with van der Waals surface area (Å²) >= 11 is 0. The lowest BCUT2D eigenvalue weighted by atomic mass is 9.76. The van der Waals surface area contributed by atoms with Crippen LogP contribution in [0.2, 0.25) is 0 Å². The first-order chi connectivity index (χ1) is 11.6. The van der Waals surface area contributed by atoms with E-state index in [1.54, 1.807) is 12.3 Å². The Morgan fingerprint density at radius 2 is 2.12 bits per heavy atom. The molecule has 1 aliphatic carbocycles. The van der Waals surface area contributed by atoms with E-state index in [-0.39, 0.29) is 17.4 Å². The average Bonchev–Trinajstić information content (AvgIpc) is 2.96. The first kappa shape index (κ1) is 14.9. The fourth-order valence-electron chi connectivity index (χ4n) is 3.42. The number of benzene rings is 1. The summed E-state index contributed by atoms with van der Waals surface area (Å²) in [5, 5.41) is 6.01. The van der Waals surface area contributed by atoms with Gasteiger partial charge in [-0.25, -0.2) is 4.98 Å². The van der Waals surface area contributed by atoms with Gasteiger partial charge in [0.1, 0.15) is 5.82 Å². The number of hydrogen-bond acceptors (Lipinski definition) is 3. The van der Waals surface area contributed by atoms with Crippen LogP contribution in [0.5, 0.6) is 0 Å². The Hall–Kier alpha value is -2.63. The Kier molecular flexibility index (Phi) is 3.40. The van der Waals surface area contributed by atoms with Gasteiger partial charge < -0.3 is 15.6 Å². The minimum absolute atomic E-state index is 0.0290. The largest absolute Gasteiger partial charge is 0.344 e. The fraction of sp³-hybridized carbons (Fsp3) is 0.389. The minimum Gasteiger partial charge on any atom is -0.344 e. The summed E-state index contributed by atoms with van der Waals surface area (Å²) in [7, 11) is 0. The number of nitrogens with one attached hydrogen (secondary N) is 3. The number of fused-ring (bicyclic) bond motifs is 1. The van der Waals surface area contributed by atoms with Gasteiger partial charge in [0.25, 0.3) is 5.91 Å². The van der Waals surface area contributed by atoms with Crippen LogP contribution in [-0.2, 0) is 16.8 Å². The lowest BCUT2D eigenvalue weighted by molar-refractivity contribution is -0.116. The molecule has 6 nitrogen and oxygen atoms in total. The molecular formula is C18H20N4O2. The summed E-state index contributed by atoms with van der Waals surface area (Å²) < 4.78 is 0. The number of H-pyrrole nitrogens is 1. The normalized spacial score (nSPS) is 18.3. The van der Waals surface area contributed by atoms with Crippen molar-refractivity contribution < 1.29 is 9.59 Å². The number of aromatic amines is 1. The van der Waals surface area contributed by atoms with Crippen molar-refractivity contribution in [2.24, 2.45) is 0 Å². The Labute approximate surface area is 140 Å². The number of rotatable bonds is 3. The summed E-state index contributed by atoms with van der Waals surface area (Å²) in [6.45, 7) is 1.96. The average molecular weight is 324 g/mol. The second-order valence-corrected chi connectivity index (χ2v) is 6.72. The lowest BCUT2D eigenvalue weighted by Gasteiger charge is -2.40. The van der Waals surface area contributed by atoms with Crippen LogP contribution in [0.25, 0.3) is 0 Å². The minimum atomic E-state index is -0.380. The number of anilines is 1. The number of hydrogen-bond donors (Lipinski definition) is 3. The standard InChI is InChI=1S/C18H20N4O2/c1-11-10-19-17(20-11)18(7-2-8-18)22-16(24)13-3-5-14-12(9-13)4-6-15(23)21-14/h3,5,9-10H,2,4,6-8H2,1H3,(H,19,20)(H,21,23)(H,22,24). The van der Waals surface area contributed by atoms with Gasteiger partial charge in [0, 0.05) is 29.6 Å². The van der Waals surface area contributed by atoms with Crippen LogP contribution < -0.4 is 10.6 Å². The SMILES string of the molecule is Cc1cnc(C2(NC(=O)c3ccc4c(c3)CCC(=O)N4)CCC2)[nH]1. The highest BCUT2D eigenvalue weighted by Gasteiger charge is 2.42. The van der Waals surface area contributed by atoms with Crippen LogP contribution in [0.15, 0.2) is 24.4 Å². The number of aromatic nitrogens is 2. The summed E-state index contributed by atoms with van der Waals surface area (Å²) in [6.07, 6.45) is 5.80. The summed E-state index contributed by atoms with van der Waals surface area (Å²) in [5.41, 5.74) is 3.06.